The number of hydrogen-bond donors (Lipinski definition) is 2. The second kappa shape index (κ2) is 6.91. The molecule has 8 nitrogen and oxygen atoms in total. The van der Waals surface area contributed by atoms with Crippen molar-refractivity contribution in [2.45, 2.75) is 43.8 Å². The smallest absolute Gasteiger partial charge is 0.151 e. The highest BCUT2D eigenvalue weighted by Crippen LogP contribution is 2.32. The van der Waals surface area contributed by atoms with Gasteiger partial charge in [0.15, 0.2) is 5.82 Å². The maximum absolute atomic E-state index is 4.56. The topological polar surface area (TPSA) is 87.6 Å². The van der Waals surface area contributed by atoms with Crippen molar-refractivity contribution in [3.05, 3.63) is 49.1 Å². The zero-order chi connectivity index (χ0) is 20.1. The summed E-state index contributed by atoms with van der Waals surface area (Å²) in [6.07, 6.45) is 10.4. The average Bonchev–Trinajstić information content (AvgIpc) is 3.54. The fourth-order valence-electron chi connectivity index (χ4n) is 5.01. The van der Waals surface area contributed by atoms with Gasteiger partial charge in [-0.15, -0.1) is 10.2 Å². The zero-order valence-electron chi connectivity index (χ0n) is 16.9. The van der Waals surface area contributed by atoms with E-state index in [1.807, 2.05) is 35.1 Å². The summed E-state index contributed by atoms with van der Waals surface area (Å²) in [6.45, 7) is 0. The Morgan fingerprint density at radius 3 is 2.67 bits per heavy atom. The number of aromatic amines is 1. The third-order valence-electron chi connectivity index (χ3n) is 6.59. The Morgan fingerprint density at radius 1 is 1.07 bits per heavy atom. The molecule has 4 aromatic rings. The summed E-state index contributed by atoms with van der Waals surface area (Å²) in [5, 5.41) is 17.2. The van der Waals surface area contributed by atoms with Crippen LogP contribution in [-0.2, 0) is 0 Å². The van der Waals surface area contributed by atoms with Crippen LogP contribution in [-0.4, -0.2) is 55.1 Å². The Labute approximate surface area is 174 Å². The fraction of sp³-hybridized carbons (Fsp3) is 0.364. The Morgan fingerprint density at radius 2 is 1.93 bits per heavy atom. The third kappa shape index (κ3) is 2.87. The van der Waals surface area contributed by atoms with Gasteiger partial charge in [-0.05, 0) is 56.0 Å². The van der Waals surface area contributed by atoms with E-state index in [0.29, 0.717) is 18.1 Å². The van der Waals surface area contributed by atoms with Gasteiger partial charge in [0.05, 0.1) is 28.7 Å². The Hall–Kier alpha value is -3.26. The van der Waals surface area contributed by atoms with Gasteiger partial charge >= 0.3 is 0 Å². The largest absolute Gasteiger partial charge is 0.355 e. The molecule has 8 heteroatoms. The number of nitrogens with one attached hydrogen (secondary N) is 2. The summed E-state index contributed by atoms with van der Waals surface area (Å²) in [4.78, 5) is 10.1. The number of imidazole rings is 1. The minimum absolute atomic E-state index is 0.523. The maximum Gasteiger partial charge on any atom is 0.151 e. The van der Waals surface area contributed by atoms with Gasteiger partial charge in [0.25, 0.3) is 0 Å². The zero-order valence-corrected chi connectivity index (χ0v) is 16.9. The van der Waals surface area contributed by atoms with E-state index in [1.54, 1.807) is 12.5 Å². The third-order valence-corrected chi connectivity index (χ3v) is 6.59. The summed E-state index contributed by atoms with van der Waals surface area (Å²) < 4.78 is 1.83. The monoisotopic (exact) mass is 400 g/mol. The first-order valence-electron chi connectivity index (χ1n) is 10.6. The van der Waals surface area contributed by atoms with Crippen LogP contribution >= 0.6 is 0 Å². The van der Waals surface area contributed by atoms with Gasteiger partial charge in [0.1, 0.15) is 0 Å². The molecule has 2 fully saturated rings. The summed E-state index contributed by atoms with van der Waals surface area (Å²) >= 11 is 0. The second-order valence-corrected chi connectivity index (χ2v) is 8.36. The maximum atomic E-state index is 4.56. The highest BCUT2D eigenvalue weighted by molar-refractivity contribution is 5.95. The molecule has 2 bridgehead atoms. The van der Waals surface area contributed by atoms with Crippen molar-refractivity contribution in [1.82, 2.24) is 35.3 Å². The summed E-state index contributed by atoms with van der Waals surface area (Å²) in [5.41, 5.74) is 4.55. The molecular formula is C22H24N8. The van der Waals surface area contributed by atoms with Crippen LogP contribution in [0.15, 0.2) is 49.1 Å². The van der Waals surface area contributed by atoms with Crippen LogP contribution in [0.4, 0.5) is 5.82 Å². The minimum atomic E-state index is 0.523. The predicted molar refractivity (Wildman–Crippen MR) is 116 cm³/mol. The standard InChI is InChI=1S/C22H24N8/c1-29(16-11-14-3-4-15(12-16)26-14)20-8-6-18(27-28-20)17-5-7-19(30-10-2-9-25-30)22-21(17)23-13-24-22/h2,5-10,13-16,26H,3-4,11-12H2,1H3,(H,23,24). The molecule has 0 spiro atoms. The first kappa shape index (κ1) is 17.6. The fourth-order valence-corrected chi connectivity index (χ4v) is 5.01. The van der Waals surface area contributed by atoms with Crippen LogP contribution in [0.2, 0.25) is 0 Å². The van der Waals surface area contributed by atoms with Crippen molar-refractivity contribution < 1.29 is 0 Å². The SMILES string of the molecule is CN(c1ccc(-c2ccc(-n3cccn3)c3[nH]cnc23)nn1)C1CC2CCC(C1)N2. The van der Waals surface area contributed by atoms with Gasteiger partial charge < -0.3 is 15.2 Å². The van der Waals surface area contributed by atoms with Crippen molar-refractivity contribution in [2.24, 2.45) is 0 Å². The molecule has 5 heterocycles. The number of fused-ring (bicyclic) bond motifs is 3. The minimum Gasteiger partial charge on any atom is -0.355 e. The van der Waals surface area contributed by atoms with E-state index in [4.69, 9.17) is 0 Å². The van der Waals surface area contributed by atoms with Crippen LogP contribution in [0, 0.1) is 0 Å². The molecule has 0 aliphatic carbocycles. The summed E-state index contributed by atoms with van der Waals surface area (Å²) in [7, 11) is 2.14. The molecule has 2 N–H and O–H groups in total. The van der Waals surface area contributed by atoms with Gasteiger partial charge in [-0.2, -0.15) is 5.10 Å². The highest BCUT2D eigenvalue weighted by Gasteiger charge is 2.35. The molecule has 3 aromatic heterocycles. The van der Waals surface area contributed by atoms with Crippen molar-refractivity contribution in [1.29, 1.82) is 0 Å². The lowest BCUT2D eigenvalue weighted by atomic mass is 9.98. The number of piperidine rings is 1. The van der Waals surface area contributed by atoms with Crippen molar-refractivity contribution in [3.8, 4) is 16.9 Å². The molecule has 152 valence electrons. The Kier molecular flexibility index (Phi) is 4.05. The van der Waals surface area contributed by atoms with Crippen LogP contribution in [0.5, 0.6) is 0 Å². The van der Waals surface area contributed by atoms with Crippen LogP contribution in [0.25, 0.3) is 28.0 Å². The lowest BCUT2D eigenvalue weighted by molar-refractivity contribution is 0.353. The average molecular weight is 400 g/mol. The molecule has 2 saturated heterocycles. The molecule has 2 unspecified atom stereocenters. The van der Waals surface area contributed by atoms with Crippen molar-refractivity contribution in [2.75, 3.05) is 11.9 Å². The molecule has 2 atom stereocenters. The van der Waals surface area contributed by atoms with E-state index < -0.39 is 0 Å². The van der Waals surface area contributed by atoms with Gasteiger partial charge in [0.2, 0.25) is 0 Å². The van der Waals surface area contributed by atoms with Crippen molar-refractivity contribution >= 4 is 16.9 Å². The summed E-state index contributed by atoms with van der Waals surface area (Å²) in [5.74, 6) is 0.927. The normalized spacial score (nSPS) is 23.2. The molecule has 2 aliphatic rings. The van der Waals surface area contributed by atoms with E-state index >= 15 is 0 Å². The number of hydrogen-bond acceptors (Lipinski definition) is 6. The van der Waals surface area contributed by atoms with E-state index in [0.717, 1.165) is 33.8 Å². The van der Waals surface area contributed by atoms with E-state index in [1.165, 1.54) is 25.7 Å². The lowest BCUT2D eigenvalue weighted by Crippen LogP contribution is -2.47. The number of nitrogens with zero attached hydrogens (tertiary/aromatic N) is 6. The molecule has 1 aromatic carbocycles. The molecular weight excluding hydrogens is 376 g/mol. The van der Waals surface area contributed by atoms with Gasteiger partial charge in [-0.1, -0.05) is 0 Å². The number of H-pyrrole nitrogens is 1. The van der Waals surface area contributed by atoms with Crippen LogP contribution in [0.1, 0.15) is 25.7 Å². The Balaban J connectivity index is 1.30. The number of benzene rings is 1. The molecule has 6 rings (SSSR count). The van der Waals surface area contributed by atoms with Gasteiger partial charge in [0, 0.05) is 43.1 Å². The van der Waals surface area contributed by atoms with Gasteiger partial charge in [-0.25, -0.2) is 9.67 Å². The molecule has 0 amide bonds. The van der Waals surface area contributed by atoms with Crippen LogP contribution in [0.3, 0.4) is 0 Å². The first-order valence-corrected chi connectivity index (χ1v) is 10.6. The van der Waals surface area contributed by atoms with Crippen LogP contribution < -0.4 is 10.2 Å². The predicted octanol–water partition coefficient (Wildman–Crippen LogP) is 2.92. The highest BCUT2D eigenvalue weighted by atomic mass is 15.3. The molecule has 0 saturated carbocycles. The molecule has 0 radical (unpaired) electrons. The van der Waals surface area contributed by atoms with E-state index in [2.05, 4.69) is 48.6 Å². The quantitative estimate of drug-likeness (QED) is 0.548. The lowest BCUT2D eigenvalue weighted by Gasteiger charge is -2.36. The Bertz CT molecular complexity index is 1150. The van der Waals surface area contributed by atoms with E-state index in [9.17, 15) is 0 Å². The molecule has 30 heavy (non-hydrogen) atoms. The number of aromatic nitrogens is 6. The molecule has 2 aliphatic heterocycles. The van der Waals surface area contributed by atoms with E-state index in [-0.39, 0.29) is 0 Å². The number of rotatable bonds is 4. The second-order valence-electron chi connectivity index (χ2n) is 8.36. The number of anilines is 1. The first-order chi connectivity index (χ1) is 14.8. The van der Waals surface area contributed by atoms with Gasteiger partial charge in [-0.3, -0.25) is 0 Å². The summed E-state index contributed by atoms with van der Waals surface area (Å²) in [6, 6.07) is 11.9. The van der Waals surface area contributed by atoms with Crippen molar-refractivity contribution in [3.63, 3.8) is 0 Å².